The van der Waals surface area contributed by atoms with E-state index in [1.165, 1.54) is 28.1 Å². The molecule has 0 bridgehead atoms. The van der Waals surface area contributed by atoms with E-state index in [1.807, 2.05) is 0 Å². The number of hydroxylamine groups is 2. The van der Waals surface area contributed by atoms with Crippen LogP contribution in [0.15, 0.2) is 35.6 Å². The molecule has 28 heavy (non-hydrogen) atoms. The number of aliphatic hydroxyl groups excluding tert-OH is 3. The first kappa shape index (κ1) is 18.8. The van der Waals surface area contributed by atoms with Gasteiger partial charge in [0.2, 0.25) is 0 Å². The lowest BCUT2D eigenvalue weighted by Crippen LogP contribution is -2.47. The zero-order chi connectivity index (χ0) is 19.8. The van der Waals surface area contributed by atoms with Crippen LogP contribution in [0, 0.1) is 5.82 Å². The Morgan fingerprint density at radius 3 is 2.86 bits per heavy atom. The average molecular weight is 393 g/mol. The van der Waals surface area contributed by atoms with Crippen LogP contribution in [0.2, 0.25) is 0 Å². The van der Waals surface area contributed by atoms with Crippen LogP contribution in [0.5, 0.6) is 0 Å². The number of benzene rings is 1. The highest BCUT2D eigenvalue weighted by atomic mass is 19.1. The zero-order valence-electron chi connectivity index (χ0n) is 14.7. The summed E-state index contributed by atoms with van der Waals surface area (Å²) in [5.74, 6) is -0.159. The van der Waals surface area contributed by atoms with Crippen LogP contribution in [-0.4, -0.2) is 61.5 Å². The second-order valence-corrected chi connectivity index (χ2v) is 6.52. The molecule has 0 aliphatic carbocycles. The number of fused-ring (bicyclic) bond motifs is 1. The minimum absolute atomic E-state index is 0.0502. The summed E-state index contributed by atoms with van der Waals surface area (Å²) in [6.07, 6.45) is -2.97. The van der Waals surface area contributed by atoms with Crippen molar-refractivity contribution < 1.29 is 29.3 Å². The normalized spacial score (nSPS) is 27.0. The Hall–Kier alpha value is -2.57. The third-order valence-corrected chi connectivity index (χ3v) is 4.70. The van der Waals surface area contributed by atoms with Crippen LogP contribution in [-0.2, 0) is 16.2 Å². The molecular formula is C17H20FN5O5. The maximum Gasteiger partial charge on any atom is 0.165 e. The molecule has 1 saturated heterocycles. The Bertz CT molecular complexity index is 983. The van der Waals surface area contributed by atoms with E-state index < -0.39 is 31.1 Å². The van der Waals surface area contributed by atoms with Gasteiger partial charge in [-0.1, -0.05) is 12.1 Å². The summed E-state index contributed by atoms with van der Waals surface area (Å²) in [6, 6.07) is 6.01. The van der Waals surface area contributed by atoms with Crippen LogP contribution in [0.3, 0.4) is 0 Å². The Balaban J connectivity index is 1.56. The number of hydrogen-bond acceptors (Lipinski definition) is 9. The van der Waals surface area contributed by atoms with Gasteiger partial charge >= 0.3 is 0 Å². The maximum atomic E-state index is 13.3. The van der Waals surface area contributed by atoms with E-state index in [9.17, 15) is 19.7 Å². The van der Waals surface area contributed by atoms with Gasteiger partial charge in [-0.25, -0.2) is 19.4 Å². The summed E-state index contributed by atoms with van der Waals surface area (Å²) < 4.78 is 20.2. The standard InChI is InChI=1S/C17H20FN5O5/c18-10-3-1-2-9(4-10)6-27-23-8-21-16-12(15(23)19)20-7-22(16)17-14(26)13(25)11(5-24)28-17/h1-4,7,11,13-14,17,24-26H,5-6,8,19H2/t11-,13-,14-,17-/m1/s1. The summed E-state index contributed by atoms with van der Waals surface area (Å²) >= 11 is 0. The lowest BCUT2D eigenvalue weighted by molar-refractivity contribution is -0.124. The fraction of sp³-hybridized carbons (Fsp3) is 0.412. The summed E-state index contributed by atoms with van der Waals surface area (Å²) in [7, 11) is 0. The Morgan fingerprint density at radius 2 is 2.14 bits per heavy atom. The van der Waals surface area contributed by atoms with Crippen molar-refractivity contribution in [2.45, 2.75) is 31.1 Å². The molecule has 2 aromatic rings. The molecule has 0 amide bonds. The van der Waals surface area contributed by atoms with Crippen molar-refractivity contribution in [3.05, 3.63) is 52.8 Å². The van der Waals surface area contributed by atoms with E-state index in [4.69, 9.17) is 15.3 Å². The molecule has 1 aromatic heterocycles. The van der Waals surface area contributed by atoms with E-state index in [1.54, 1.807) is 12.1 Å². The average Bonchev–Trinajstić information content (AvgIpc) is 3.23. The first-order valence-corrected chi connectivity index (χ1v) is 8.64. The zero-order valence-corrected chi connectivity index (χ0v) is 14.7. The predicted molar refractivity (Wildman–Crippen MR) is 91.5 cm³/mol. The van der Waals surface area contributed by atoms with Crippen LogP contribution in [0.25, 0.3) is 5.82 Å². The van der Waals surface area contributed by atoms with E-state index in [0.717, 1.165) is 0 Å². The second kappa shape index (κ2) is 7.45. The molecular weight excluding hydrogens is 373 g/mol. The minimum Gasteiger partial charge on any atom is -0.394 e. The number of nitrogens with two attached hydrogens (primary N) is 1. The molecule has 0 saturated carbocycles. The topological polar surface area (TPSA) is 139 Å². The van der Waals surface area contributed by atoms with E-state index in [0.29, 0.717) is 16.4 Å². The van der Waals surface area contributed by atoms with Gasteiger partial charge in [0, 0.05) is 0 Å². The molecule has 0 unspecified atom stereocenters. The van der Waals surface area contributed by atoms with Crippen LogP contribution < -0.4 is 16.6 Å². The molecule has 2 aliphatic heterocycles. The number of hydrogen-bond donors (Lipinski definition) is 4. The highest BCUT2D eigenvalue weighted by molar-refractivity contribution is 5.34. The van der Waals surface area contributed by atoms with Crippen molar-refractivity contribution in [1.29, 1.82) is 0 Å². The largest absolute Gasteiger partial charge is 0.394 e. The van der Waals surface area contributed by atoms with E-state index in [2.05, 4.69) is 9.98 Å². The van der Waals surface area contributed by atoms with Crippen LogP contribution in [0.1, 0.15) is 11.8 Å². The summed E-state index contributed by atoms with van der Waals surface area (Å²) in [5, 5.41) is 31.0. The van der Waals surface area contributed by atoms with Crippen molar-refractivity contribution in [2.24, 2.45) is 10.7 Å². The molecule has 1 aromatic carbocycles. The lowest BCUT2D eigenvalue weighted by atomic mass is 10.1. The summed E-state index contributed by atoms with van der Waals surface area (Å²) in [6.45, 7) is -0.286. The van der Waals surface area contributed by atoms with Gasteiger partial charge in [-0.05, 0) is 17.7 Å². The van der Waals surface area contributed by atoms with Crippen molar-refractivity contribution in [1.82, 2.24) is 14.6 Å². The molecule has 2 aliphatic rings. The third-order valence-electron chi connectivity index (χ3n) is 4.70. The fourth-order valence-electron chi connectivity index (χ4n) is 3.20. The van der Waals surface area contributed by atoms with Crippen molar-refractivity contribution in [3.8, 4) is 0 Å². The summed E-state index contributed by atoms with van der Waals surface area (Å²) in [5.41, 5.74) is 7.12. The van der Waals surface area contributed by atoms with Crippen LogP contribution in [0.4, 0.5) is 4.39 Å². The Labute approximate surface area is 158 Å². The smallest absolute Gasteiger partial charge is 0.165 e. The van der Waals surface area contributed by atoms with Gasteiger partial charge in [0.25, 0.3) is 0 Å². The molecule has 4 rings (SSSR count). The number of halogens is 1. The second-order valence-electron chi connectivity index (χ2n) is 6.52. The fourth-order valence-corrected chi connectivity index (χ4v) is 3.20. The number of nitrogens with zero attached hydrogens (tertiary/aromatic N) is 4. The van der Waals surface area contributed by atoms with Crippen molar-refractivity contribution >= 4 is 5.82 Å². The highest BCUT2D eigenvalue weighted by Gasteiger charge is 2.43. The molecule has 3 heterocycles. The van der Waals surface area contributed by atoms with E-state index >= 15 is 0 Å². The molecule has 0 spiro atoms. The van der Waals surface area contributed by atoms with Gasteiger partial charge in [0.15, 0.2) is 17.5 Å². The van der Waals surface area contributed by atoms with E-state index in [-0.39, 0.29) is 24.9 Å². The molecule has 150 valence electrons. The SMILES string of the molecule is NC1=c2ncn([C@@H]3O[C@H](CO)[C@@H](O)[C@H]3O)c2=NCN1OCc1cccc(F)c1. The van der Waals surface area contributed by atoms with Gasteiger partial charge in [-0.15, -0.1) is 0 Å². The molecule has 11 heteroatoms. The maximum absolute atomic E-state index is 13.3. The monoisotopic (exact) mass is 393 g/mol. The molecule has 5 N–H and O–H groups in total. The first-order valence-electron chi connectivity index (χ1n) is 8.64. The number of ether oxygens (including phenoxy) is 1. The predicted octanol–water partition coefficient (Wildman–Crippen LogP) is -2.32. The number of aromatic nitrogens is 2. The van der Waals surface area contributed by atoms with Gasteiger partial charge in [0.05, 0.1) is 12.9 Å². The molecule has 1 fully saturated rings. The van der Waals surface area contributed by atoms with Gasteiger partial charge in [-0.3, -0.25) is 9.40 Å². The van der Waals surface area contributed by atoms with Crippen molar-refractivity contribution in [3.63, 3.8) is 0 Å². The third kappa shape index (κ3) is 3.23. The molecule has 10 nitrogen and oxygen atoms in total. The Morgan fingerprint density at radius 1 is 1.32 bits per heavy atom. The molecule has 0 radical (unpaired) electrons. The van der Waals surface area contributed by atoms with Crippen molar-refractivity contribution in [2.75, 3.05) is 13.3 Å². The van der Waals surface area contributed by atoms with Gasteiger partial charge in [0.1, 0.15) is 42.8 Å². The molecule has 4 atom stereocenters. The Kier molecular flexibility index (Phi) is 5.00. The number of imidazole rings is 1. The van der Waals surface area contributed by atoms with Crippen LogP contribution >= 0.6 is 0 Å². The van der Waals surface area contributed by atoms with Gasteiger partial charge in [-0.2, -0.15) is 0 Å². The summed E-state index contributed by atoms with van der Waals surface area (Å²) in [4.78, 5) is 14.2. The number of rotatable bonds is 5. The number of aliphatic hydroxyl groups is 3. The quantitative estimate of drug-likeness (QED) is 0.444. The highest BCUT2D eigenvalue weighted by Crippen LogP contribution is 2.27. The first-order chi connectivity index (χ1) is 13.5. The minimum atomic E-state index is -1.26. The lowest BCUT2D eigenvalue weighted by Gasteiger charge is -2.24. The van der Waals surface area contributed by atoms with Gasteiger partial charge < -0.3 is 25.8 Å².